The maximum Gasteiger partial charge on any atom is 0.337 e. The van der Waals surface area contributed by atoms with Gasteiger partial charge in [-0.05, 0) is 42.3 Å². The third-order valence-corrected chi connectivity index (χ3v) is 5.11. The lowest BCUT2D eigenvalue weighted by atomic mass is 9.92. The Morgan fingerprint density at radius 3 is 2.26 bits per heavy atom. The summed E-state index contributed by atoms with van der Waals surface area (Å²) in [6.45, 7) is 1.37. The van der Waals surface area contributed by atoms with E-state index in [0.29, 0.717) is 16.9 Å². The first-order valence-corrected chi connectivity index (χ1v) is 9.51. The lowest BCUT2D eigenvalue weighted by molar-refractivity contribution is -0.134. The minimum absolute atomic E-state index is 0.180. The van der Waals surface area contributed by atoms with Crippen LogP contribution in [0.5, 0.6) is 5.75 Å². The zero-order valence-electron chi connectivity index (χ0n) is 17.4. The summed E-state index contributed by atoms with van der Waals surface area (Å²) in [4.78, 5) is 50.0. The standard InChI is InChI=1S/C22H23N3O6/c1-22(16-8-10-17(30-2)11-9-16)20(28)25(21(29)24-22)13-18(26)23-12-14-4-6-15(7-5-14)19(27)31-3/h4-11H,12-13H2,1-3H3,(H,23,26)(H,24,29). The number of rotatable bonds is 7. The smallest absolute Gasteiger partial charge is 0.337 e. The Balaban J connectivity index is 1.61. The first-order valence-electron chi connectivity index (χ1n) is 9.51. The Morgan fingerprint density at radius 2 is 1.68 bits per heavy atom. The quantitative estimate of drug-likeness (QED) is 0.514. The first-order chi connectivity index (χ1) is 14.8. The molecular formula is C22H23N3O6. The van der Waals surface area contributed by atoms with E-state index in [1.54, 1.807) is 55.5 Å². The number of carbonyl (C=O) groups excluding carboxylic acids is 4. The highest BCUT2D eigenvalue weighted by Crippen LogP contribution is 2.29. The Bertz CT molecular complexity index is 1000. The highest BCUT2D eigenvalue weighted by Gasteiger charge is 2.49. The molecule has 1 atom stereocenters. The molecule has 31 heavy (non-hydrogen) atoms. The van der Waals surface area contributed by atoms with Crippen molar-refractivity contribution in [2.24, 2.45) is 0 Å². The molecule has 9 heteroatoms. The molecule has 4 amide bonds. The van der Waals surface area contributed by atoms with E-state index in [1.807, 2.05) is 0 Å². The van der Waals surface area contributed by atoms with E-state index in [9.17, 15) is 19.2 Å². The molecule has 1 heterocycles. The number of hydrogen-bond acceptors (Lipinski definition) is 6. The molecular weight excluding hydrogens is 402 g/mol. The van der Waals surface area contributed by atoms with Crippen LogP contribution in [0.3, 0.4) is 0 Å². The van der Waals surface area contributed by atoms with Crippen LogP contribution in [0.2, 0.25) is 0 Å². The van der Waals surface area contributed by atoms with E-state index in [2.05, 4.69) is 15.4 Å². The Morgan fingerprint density at radius 1 is 1.03 bits per heavy atom. The van der Waals surface area contributed by atoms with Crippen LogP contribution in [0.4, 0.5) is 4.79 Å². The van der Waals surface area contributed by atoms with Crippen LogP contribution in [-0.2, 0) is 26.4 Å². The number of ether oxygens (including phenoxy) is 2. The SMILES string of the molecule is COC(=O)c1ccc(CNC(=O)CN2C(=O)NC(C)(c3ccc(OC)cc3)C2=O)cc1. The van der Waals surface area contributed by atoms with Gasteiger partial charge in [-0.2, -0.15) is 0 Å². The van der Waals surface area contributed by atoms with Crippen molar-refractivity contribution in [2.45, 2.75) is 19.0 Å². The lowest BCUT2D eigenvalue weighted by Crippen LogP contribution is -2.43. The van der Waals surface area contributed by atoms with Gasteiger partial charge in [0.1, 0.15) is 17.8 Å². The zero-order chi connectivity index (χ0) is 22.6. The van der Waals surface area contributed by atoms with Crippen molar-refractivity contribution in [1.29, 1.82) is 0 Å². The molecule has 0 aromatic heterocycles. The van der Waals surface area contributed by atoms with Gasteiger partial charge in [-0.3, -0.25) is 14.5 Å². The van der Waals surface area contributed by atoms with Crippen molar-refractivity contribution < 1.29 is 28.7 Å². The van der Waals surface area contributed by atoms with Crippen molar-refractivity contribution in [3.8, 4) is 5.75 Å². The molecule has 162 valence electrons. The van der Waals surface area contributed by atoms with Gasteiger partial charge in [0.2, 0.25) is 5.91 Å². The number of urea groups is 1. The number of imide groups is 1. The van der Waals surface area contributed by atoms with E-state index in [0.717, 1.165) is 10.5 Å². The van der Waals surface area contributed by atoms with Crippen molar-refractivity contribution >= 4 is 23.8 Å². The maximum absolute atomic E-state index is 12.9. The van der Waals surface area contributed by atoms with Crippen LogP contribution in [0.15, 0.2) is 48.5 Å². The summed E-state index contributed by atoms with van der Waals surface area (Å²) in [5.74, 6) is -0.825. The molecule has 1 aliphatic heterocycles. The van der Waals surface area contributed by atoms with Crippen LogP contribution < -0.4 is 15.4 Å². The largest absolute Gasteiger partial charge is 0.497 e. The third-order valence-electron chi connectivity index (χ3n) is 5.11. The molecule has 1 saturated heterocycles. The van der Waals surface area contributed by atoms with Crippen LogP contribution in [0.1, 0.15) is 28.4 Å². The van der Waals surface area contributed by atoms with E-state index in [4.69, 9.17) is 4.74 Å². The molecule has 1 fully saturated rings. The topological polar surface area (TPSA) is 114 Å². The highest BCUT2D eigenvalue weighted by molar-refractivity contribution is 6.09. The van der Waals surface area contributed by atoms with E-state index in [-0.39, 0.29) is 6.54 Å². The average molecular weight is 425 g/mol. The van der Waals surface area contributed by atoms with Crippen molar-refractivity contribution in [3.05, 3.63) is 65.2 Å². The summed E-state index contributed by atoms with van der Waals surface area (Å²) in [6, 6.07) is 12.7. The normalized spacial score (nSPS) is 17.8. The average Bonchev–Trinajstić information content (AvgIpc) is 3.01. The summed E-state index contributed by atoms with van der Waals surface area (Å²) in [6.07, 6.45) is 0. The first kappa shape index (κ1) is 21.8. The molecule has 2 aromatic carbocycles. The predicted molar refractivity (Wildman–Crippen MR) is 110 cm³/mol. The zero-order valence-corrected chi connectivity index (χ0v) is 17.4. The van der Waals surface area contributed by atoms with Gasteiger partial charge in [-0.15, -0.1) is 0 Å². The number of hydrogen-bond donors (Lipinski definition) is 2. The fourth-order valence-corrected chi connectivity index (χ4v) is 3.24. The van der Waals surface area contributed by atoms with Crippen LogP contribution in [0, 0.1) is 0 Å². The molecule has 0 bridgehead atoms. The number of carbonyl (C=O) groups is 4. The second-order valence-electron chi connectivity index (χ2n) is 7.14. The fraction of sp³-hybridized carbons (Fsp3) is 0.273. The van der Waals surface area contributed by atoms with Crippen molar-refractivity contribution in [2.75, 3.05) is 20.8 Å². The molecule has 1 unspecified atom stereocenters. The van der Waals surface area contributed by atoms with Gasteiger partial charge in [0.15, 0.2) is 0 Å². The highest BCUT2D eigenvalue weighted by atomic mass is 16.5. The van der Waals surface area contributed by atoms with Crippen LogP contribution in [-0.4, -0.2) is 49.5 Å². The van der Waals surface area contributed by atoms with Crippen molar-refractivity contribution in [3.63, 3.8) is 0 Å². The minimum atomic E-state index is -1.27. The molecule has 0 saturated carbocycles. The van der Waals surface area contributed by atoms with Gasteiger partial charge >= 0.3 is 12.0 Å². The van der Waals surface area contributed by atoms with Gasteiger partial charge in [-0.25, -0.2) is 9.59 Å². The van der Waals surface area contributed by atoms with Crippen LogP contribution >= 0.6 is 0 Å². The molecule has 0 radical (unpaired) electrons. The predicted octanol–water partition coefficient (Wildman–Crippen LogP) is 1.57. The molecule has 1 aliphatic rings. The molecule has 2 N–H and O–H groups in total. The summed E-state index contributed by atoms with van der Waals surface area (Å²) in [5, 5.41) is 5.32. The Labute approximate surface area is 179 Å². The second kappa shape index (κ2) is 8.86. The van der Waals surface area contributed by atoms with Crippen LogP contribution in [0.25, 0.3) is 0 Å². The Kier molecular flexibility index (Phi) is 6.24. The number of amides is 4. The minimum Gasteiger partial charge on any atom is -0.497 e. The number of nitrogens with one attached hydrogen (secondary N) is 2. The second-order valence-corrected chi connectivity index (χ2v) is 7.14. The van der Waals surface area contributed by atoms with E-state index >= 15 is 0 Å². The summed E-state index contributed by atoms with van der Waals surface area (Å²) in [7, 11) is 2.83. The van der Waals surface area contributed by atoms with Gasteiger partial charge in [0.05, 0.1) is 19.8 Å². The van der Waals surface area contributed by atoms with Crippen molar-refractivity contribution in [1.82, 2.24) is 15.5 Å². The molecule has 2 aromatic rings. The molecule has 0 spiro atoms. The monoisotopic (exact) mass is 425 g/mol. The fourth-order valence-electron chi connectivity index (χ4n) is 3.24. The third kappa shape index (κ3) is 4.50. The van der Waals surface area contributed by atoms with Gasteiger partial charge in [-0.1, -0.05) is 24.3 Å². The number of esters is 1. The van der Waals surface area contributed by atoms with Gasteiger partial charge in [0, 0.05) is 6.54 Å². The molecule has 0 aliphatic carbocycles. The Hall–Kier alpha value is -3.88. The number of methoxy groups -OCH3 is 2. The number of nitrogens with zero attached hydrogens (tertiary/aromatic N) is 1. The summed E-state index contributed by atoms with van der Waals surface area (Å²) < 4.78 is 9.75. The van der Waals surface area contributed by atoms with E-state index in [1.165, 1.54) is 14.2 Å². The number of benzene rings is 2. The summed E-state index contributed by atoms with van der Waals surface area (Å²) >= 11 is 0. The maximum atomic E-state index is 12.9. The summed E-state index contributed by atoms with van der Waals surface area (Å²) in [5.41, 5.74) is 0.462. The van der Waals surface area contributed by atoms with E-state index < -0.39 is 35.9 Å². The lowest BCUT2D eigenvalue weighted by Gasteiger charge is -2.22. The van der Waals surface area contributed by atoms with Gasteiger partial charge in [0.25, 0.3) is 5.91 Å². The van der Waals surface area contributed by atoms with Gasteiger partial charge < -0.3 is 20.1 Å². The molecule has 3 rings (SSSR count). The molecule has 9 nitrogen and oxygen atoms in total.